The zero-order chi connectivity index (χ0) is 10.2. The molecule has 0 aliphatic rings. The van der Waals surface area contributed by atoms with Gasteiger partial charge in [-0.05, 0) is 0 Å². The molecule has 0 atom stereocenters. The van der Waals surface area contributed by atoms with Gasteiger partial charge in [0.25, 0.3) is 0 Å². The summed E-state index contributed by atoms with van der Waals surface area (Å²) in [6, 6.07) is 3.18. The second-order valence-electron chi connectivity index (χ2n) is 3.13. The van der Waals surface area contributed by atoms with Crippen LogP contribution in [0.1, 0.15) is 16.7 Å². The van der Waals surface area contributed by atoms with E-state index in [2.05, 4.69) is 0 Å². The van der Waals surface area contributed by atoms with Gasteiger partial charge in [0.05, 0.1) is 0 Å². The third-order valence-electron chi connectivity index (χ3n) is 1.84. The fourth-order valence-corrected chi connectivity index (χ4v) is 3.31. The van der Waals surface area contributed by atoms with E-state index in [1.165, 1.54) is 13.8 Å². The van der Waals surface area contributed by atoms with Crippen LogP contribution in [-0.2, 0) is 0 Å². The van der Waals surface area contributed by atoms with E-state index in [1.54, 1.807) is 12.1 Å². The topological polar surface area (TPSA) is 0 Å². The van der Waals surface area contributed by atoms with Gasteiger partial charge >= 0.3 is 78.9 Å². The summed E-state index contributed by atoms with van der Waals surface area (Å²) >= 11 is -5.82. The van der Waals surface area contributed by atoms with E-state index >= 15 is 0 Å². The van der Waals surface area contributed by atoms with Crippen molar-refractivity contribution in [3.05, 3.63) is 28.8 Å². The molecule has 0 nitrogen and oxygen atoms in total. The Bertz CT molecular complexity index is 305. The van der Waals surface area contributed by atoms with Crippen molar-refractivity contribution in [3.63, 3.8) is 0 Å². The molecule has 0 radical (unpaired) electrons. The molecule has 0 bridgehead atoms. The molecule has 1 rings (SSSR count). The molecule has 0 unspecified atom stereocenters. The first-order chi connectivity index (χ1) is 5.82. The van der Waals surface area contributed by atoms with Crippen LogP contribution in [0, 0.1) is 20.8 Å². The van der Waals surface area contributed by atoms with E-state index in [-0.39, 0.29) is 4.46 Å². The van der Waals surface area contributed by atoms with Crippen LogP contribution in [0.15, 0.2) is 12.1 Å². The molecule has 1 aromatic carbocycles. The van der Waals surface area contributed by atoms with Crippen LogP contribution >= 0.6 is 0 Å². The summed E-state index contributed by atoms with van der Waals surface area (Å²) in [7, 11) is 0. The summed E-state index contributed by atoms with van der Waals surface area (Å²) in [4.78, 5) is 0. The second kappa shape index (κ2) is 3.35. The first-order valence-corrected chi connectivity index (χ1v) is 6.62. The Kier molecular flexibility index (Phi) is 2.74. The SMILES string of the molecule is Cc1cc(C)c([Se](F)(F)F)c(C)c1. The Balaban J connectivity index is 3.38. The van der Waals surface area contributed by atoms with Crippen LogP contribution in [0.2, 0.25) is 0 Å². The quantitative estimate of drug-likeness (QED) is 0.677. The van der Waals surface area contributed by atoms with Crippen LogP contribution in [0.4, 0.5) is 10.7 Å². The minimum atomic E-state index is -5.82. The molecule has 0 fully saturated rings. The monoisotopic (exact) mass is 256 g/mol. The predicted molar refractivity (Wildman–Crippen MR) is 49.4 cm³/mol. The number of rotatable bonds is 1. The molecule has 74 valence electrons. The molecule has 13 heavy (non-hydrogen) atoms. The molecular formula is C9H11F3Se. The van der Waals surface area contributed by atoms with E-state index in [1.807, 2.05) is 6.92 Å². The van der Waals surface area contributed by atoms with E-state index in [0.717, 1.165) is 5.56 Å². The summed E-state index contributed by atoms with van der Waals surface area (Å²) in [5.41, 5.74) is 1.62. The number of benzene rings is 1. The van der Waals surface area contributed by atoms with Crippen molar-refractivity contribution in [2.75, 3.05) is 0 Å². The Morgan fingerprint density at radius 1 is 0.923 bits per heavy atom. The Hall–Kier alpha value is -0.471. The third-order valence-corrected chi connectivity index (χ3v) is 4.16. The van der Waals surface area contributed by atoms with Crippen molar-refractivity contribution in [1.29, 1.82) is 0 Å². The normalized spacial score (nSPS) is 13.1. The molecule has 0 aliphatic carbocycles. The van der Waals surface area contributed by atoms with Crippen molar-refractivity contribution >= 4 is 18.7 Å². The molecule has 4 heteroatoms. The maximum atomic E-state index is 12.6. The molecule has 0 spiro atoms. The van der Waals surface area contributed by atoms with Gasteiger partial charge in [-0.1, -0.05) is 0 Å². The summed E-state index contributed by atoms with van der Waals surface area (Å²) in [5, 5.41) is 0. The molecule has 0 aromatic heterocycles. The molecular weight excluding hydrogens is 244 g/mol. The van der Waals surface area contributed by atoms with Gasteiger partial charge in [0.15, 0.2) is 0 Å². The van der Waals surface area contributed by atoms with Gasteiger partial charge < -0.3 is 0 Å². The van der Waals surface area contributed by atoms with Gasteiger partial charge in [0.2, 0.25) is 0 Å². The zero-order valence-corrected chi connectivity index (χ0v) is 9.41. The number of aryl methyl sites for hydroxylation is 3. The van der Waals surface area contributed by atoms with E-state index in [0.29, 0.717) is 11.1 Å². The van der Waals surface area contributed by atoms with Gasteiger partial charge in [-0.3, -0.25) is 0 Å². The van der Waals surface area contributed by atoms with Crippen LogP contribution in [-0.4, -0.2) is 14.2 Å². The minimum absolute atomic E-state index is 0.346. The van der Waals surface area contributed by atoms with Gasteiger partial charge in [-0.2, -0.15) is 0 Å². The first-order valence-electron chi connectivity index (χ1n) is 3.82. The Morgan fingerprint density at radius 3 is 1.62 bits per heavy atom. The average Bonchev–Trinajstić information content (AvgIpc) is 1.78. The van der Waals surface area contributed by atoms with Crippen molar-refractivity contribution in [1.82, 2.24) is 0 Å². The number of hydrogen-bond donors (Lipinski definition) is 0. The second-order valence-corrected chi connectivity index (χ2v) is 5.70. The zero-order valence-electron chi connectivity index (χ0n) is 7.70. The van der Waals surface area contributed by atoms with Crippen molar-refractivity contribution in [3.8, 4) is 0 Å². The molecule has 1 aromatic rings. The number of hydrogen-bond acceptors (Lipinski definition) is 0. The van der Waals surface area contributed by atoms with Crippen LogP contribution in [0.3, 0.4) is 0 Å². The molecule has 0 heterocycles. The van der Waals surface area contributed by atoms with E-state index < -0.39 is 14.2 Å². The predicted octanol–water partition coefficient (Wildman–Crippen LogP) is 2.67. The first kappa shape index (κ1) is 10.6. The Labute approximate surface area is 79.4 Å². The van der Waals surface area contributed by atoms with Gasteiger partial charge in [0, 0.05) is 0 Å². The molecule has 0 N–H and O–H groups in total. The fourth-order valence-electron chi connectivity index (χ4n) is 1.53. The molecule has 0 amide bonds. The molecule has 0 saturated carbocycles. The third kappa shape index (κ3) is 2.26. The van der Waals surface area contributed by atoms with Crippen molar-refractivity contribution in [2.24, 2.45) is 0 Å². The van der Waals surface area contributed by atoms with Gasteiger partial charge in [-0.15, -0.1) is 0 Å². The average molecular weight is 255 g/mol. The molecule has 0 aliphatic heterocycles. The summed E-state index contributed by atoms with van der Waals surface area (Å²) in [6.07, 6.45) is 0. The van der Waals surface area contributed by atoms with Crippen molar-refractivity contribution in [2.45, 2.75) is 20.8 Å². The number of halogens is 3. The van der Waals surface area contributed by atoms with Crippen molar-refractivity contribution < 1.29 is 10.7 Å². The maximum absolute atomic E-state index is 12.6. The van der Waals surface area contributed by atoms with Crippen LogP contribution in [0.5, 0.6) is 0 Å². The van der Waals surface area contributed by atoms with Gasteiger partial charge in [0.1, 0.15) is 0 Å². The standard InChI is InChI=1S/C9H11F3Se/c1-6-4-7(2)9(8(3)5-6)13(10,11)12/h4-5H,1-3H3. The van der Waals surface area contributed by atoms with E-state index in [9.17, 15) is 10.7 Å². The fraction of sp³-hybridized carbons (Fsp3) is 0.333. The summed E-state index contributed by atoms with van der Waals surface area (Å²) < 4.78 is 37.4. The summed E-state index contributed by atoms with van der Waals surface area (Å²) in [5.74, 6) is 0. The summed E-state index contributed by atoms with van der Waals surface area (Å²) in [6.45, 7) is 4.87. The van der Waals surface area contributed by atoms with E-state index in [4.69, 9.17) is 0 Å². The molecule has 0 saturated heterocycles. The van der Waals surface area contributed by atoms with Crippen LogP contribution < -0.4 is 4.46 Å². The van der Waals surface area contributed by atoms with Crippen LogP contribution in [0.25, 0.3) is 0 Å². The van der Waals surface area contributed by atoms with Gasteiger partial charge in [-0.25, -0.2) is 0 Å². The Morgan fingerprint density at radius 2 is 1.31 bits per heavy atom.